The Morgan fingerprint density at radius 1 is 1.00 bits per heavy atom. The molecule has 4 aromatic rings. The van der Waals surface area contributed by atoms with E-state index in [0.29, 0.717) is 45.5 Å². The molecule has 2 aliphatic rings. The van der Waals surface area contributed by atoms with Crippen molar-refractivity contribution in [2.75, 3.05) is 62.7 Å². The average molecular weight is 702 g/mol. The van der Waals surface area contributed by atoms with Crippen LogP contribution >= 0.6 is 47.0 Å². The van der Waals surface area contributed by atoms with Crippen molar-refractivity contribution in [2.24, 2.45) is 0 Å². The first-order chi connectivity index (χ1) is 22.4. The van der Waals surface area contributed by atoms with Crippen molar-refractivity contribution in [3.63, 3.8) is 0 Å². The number of anilines is 2. The fourth-order valence-corrected chi connectivity index (χ4v) is 6.55. The molecular weight excluding hydrogens is 667 g/mol. The average Bonchev–Trinajstić information content (AvgIpc) is 3.72. The number of benzene rings is 3. The highest BCUT2D eigenvalue weighted by Crippen LogP contribution is 2.40. The van der Waals surface area contributed by atoms with Crippen LogP contribution in [0.15, 0.2) is 85.5 Å². The van der Waals surface area contributed by atoms with Gasteiger partial charge in [-0.15, -0.1) is 0 Å². The molecule has 1 aromatic heterocycles. The van der Waals surface area contributed by atoms with Gasteiger partial charge in [0.1, 0.15) is 18.5 Å². The van der Waals surface area contributed by atoms with Crippen molar-refractivity contribution < 1.29 is 14.2 Å². The van der Waals surface area contributed by atoms with E-state index in [1.54, 1.807) is 24.7 Å². The summed E-state index contributed by atoms with van der Waals surface area (Å²) in [6.45, 7) is 6.59. The maximum Gasteiger partial charge on any atom is 0.215 e. The summed E-state index contributed by atoms with van der Waals surface area (Å²) in [5.41, 5.74) is 2.69. The van der Waals surface area contributed by atoms with E-state index in [0.717, 1.165) is 50.7 Å². The lowest BCUT2D eigenvalue weighted by atomic mass is 10.1. The molecule has 2 atom stereocenters. The number of rotatable bonds is 11. The summed E-state index contributed by atoms with van der Waals surface area (Å²) < 4.78 is 20.8. The molecule has 0 saturated carbocycles. The molecule has 13 heteroatoms. The molecule has 0 bridgehead atoms. The Morgan fingerprint density at radius 2 is 1.80 bits per heavy atom. The van der Waals surface area contributed by atoms with Crippen LogP contribution < -0.4 is 20.3 Å². The Bertz CT molecular complexity index is 1600. The van der Waals surface area contributed by atoms with Crippen molar-refractivity contribution in [1.29, 1.82) is 0 Å². The zero-order valence-corrected chi connectivity index (χ0v) is 28.2. The van der Waals surface area contributed by atoms with Crippen molar-refractivity contribution in [3.8, 4) is 5.75 Å². The van der Waals surface area contributed by atoms with E-state index < -0.39 is 5.79 Å². The summed E-state index contributed by atoms with van der Waals surface area (Å²) in [5, 5.41) is 8.67. The normalized spacial score (nSPS) is 20.1. The van der Waals surface area contributed by atoms with Crippen molar-refractivity contribution in [2.45, 2.75) is 18.4 Å². The molecule has 2 fully saturated rings. The van der Waals surface area contributed by atoms with Gasteiger partial charge in [-0.1, -0.05) is 53.0 Å². The molecule has 2 saturated heterocycles. The lowest BCUT2D eigenvalue weighted by molar-refractivity contribution is -0.189. The summed E-state index contributed by atoms with van der Waals surface area (Å²) >= 11 is 24.4. The molecule has 9 nitrogen and oxygen atoms in total. The molecule has 0 unspecified atom stereocenters. The maximum absolute atomic E-state index is 6.59. The van der Waals surface area contributed by atoms with Gasteiger partial charge < -0.3 is 34.3 Å². The lowest BCUT2D eigenvalue weighted by Crippen LogP contribution is -2.48. The van der Waals surface area contributed by atoms with Crippen LogP contribution in [-0.2, 0) is 21.8 Å². The summed E-state index contributed by atoms with van der Waals surface area (Å²) in [6, 6.07) is 21.1. The van der Waals surface area contributed by atoms with E-state index in [9.17, 15) is 0 Å². The fourth-order valence-electron chi connectivity index (χ4n) is 5.60. The molecule has 3 heterocycles. The van der Waals surface area contributed by atoms with Gasteiger partial charge in [0.25, 0.3) is 0 Å². The zero-order chi connectivity index (χ0) is 31.9. The van der Waals surface area contributed by atoms with Gasteiger partial charge in [0.2, 0.25) is 5.79 Å². The van der Waals surface area contributed by atoms with Crippen LogP contribution in [-0.4, -0.2) is 78.1 Å². The predicted octanol–water partition coefficient (Wildman–Crippen LogP) is 6.30. The fraction of sp³-hybridized carbons (Fsp3) is 0.333. The van der Waals surface area contributed by atoms with E-state index in [4.69, 9.17) is 61.2 Å². The molecule has 0 radical (unpaired) electrons. The van der Waals surface area contributed by atoms with Gasteiger partial charge in [0.05, 0.1) is 35.2 Å². The topological polar surface area (TPSA) is 76.0 Å². The Balaban J connectivity index is 0.952. The molecule has 242 valence electrons. The lowest BCUT2D eigenvalue weighted by Gasteiger charge is -2.36. The van der Waals surface area contributed by atoms with E-state index >= 15 is 0 Å². The SMILES string of the molecule is S=C(NCCN1CCN(c2ccc(OC[C@@H]3CO[C@@](Cn4ccnc4)(c4ccc(Cl)cc4Cl)O3)cc2)CC1)Nc1ccccc1Cl. The molecule has 2 N–H and O–H groups in total. The number of hydrogen-bond donors (Lipinski definition) is 2. The van der Waals surface area contributed by atoms with E-state index in [1.807, 2.05) is 53.2 Å². The van der Waals surface area contributed by atoms with Gasteiger partial charge in [0, 0.05) is 67.9 Å². The van der Waals surface area contributed by atoms with Crippen LogP contribution in [0.5, 0.6) is 5.75 Å². The Morgan fingerprint density at radius 3 is 2.54 bits per heavy atom. The van der Waals surface area contributed by atoms with E-state index in [1.165, 1.54) is 5.69 Å². The maximum atomic E-state index is 6.59. The van der Waals surface area contributed by atoms with Gasteiger partial charge in [-0.3, -0.25) is 4.90 Å². The molecule has 6 rings (SSSR count). The number of halogens is 3. The molecule has 2 aliphatic heterocycles. The van der Waals surface area contributed by atoms with E-state index in [-0.39, 0.29) is 6.10 Å². The summed E-state index contributed by atoms with van der Waals surface area (Å²) in [5.74, 6) is -0.312. The highest BCUT2D eigenvalue weighted by Gasteiger charge is 2.45. The summed E-state index contributed by atoms with van der Waals surface area (Å²) in [4.78, 5) is 8.98. The quantitative estimate of drug-likeness (QED) is 0.175. The Kier molecular flexibility index (Phi) is 10.9. The van der Waals surface area contributed by atoms with Crippen LogP contribution in [0.25, 0.3) is 0 Å². The minimum atomic E-state index is -1.09. The second-order valence-electron chi connectivity index (χ2n) is 11.2. The van der Waals surface area contributed by atoms with Gasteiger partial charge in [-0.2, -0.15) is 0 Å². The zero-order valence-electron chi connectivity index (χ0n) is 25.1. The van der Waals surface area contributed by atoms with Gasteiger partial charge in [0.15, 0.2) is 5.11 Å². The third-order valence-corrected chi connectivity index (χ3v) is 9.12. The highest BCUT2D eigenvalue weighted by atomic mass is 35.5. The number of aromatic nitrogens is 2. The van der Waals surface area contributed by atoms with Crippen LogP contribution in [0.4, 0.5) is 11.4 Å². The first-order valence-electron chi connectivity index (χ1n) is 15.1. The van der Waals surface area contributed by atoms with Crippen LogP contribution in [0.3, 0.4) is 0 Å². The molecular formula is C33H35Cl3N6O3S. The summed E-state index contributed by atoms with van der Waals surface area (Å²) in [7, 11) is 0. The van der Waals surface area contributed by atoms with Gasteiger partial charge in [-0.25, -0.2) is 4.98 Å². The first kappa shape index (κ1) is 32.8. The number of imidazole rings is 1. The second kappa shape index (κ2) is 15.2. The molecule has 46 heavy (non-hydrogen) atoms. The molecule has 3 aromatic carbocycles. The monoisotopic (exact) mass is 700 g/mol. The second-order valence-corrected chi connectivity index (χ2v) is 12.8. The standard InChI is InChI=1S/C33H35Cl3N6O3S/c34-24-5-10-28(30(36)19-24)33(22-41-13-11-37-23-41)44-21-27(45-33)20-43-26-8-6-25(7-9-26)42-17-15-40(16-18-42)14-12-38-32(46)39-31-4-2-1-3-29(31)35/h1-11,13,19,23,27H,12,14-18,20-22H2,(H2,38,39,46)/t27-,33-/m1/s1. The summed E-state index contributed by atoms with van der Waals surface area (Å²) in [6.07, 6.45) is 5.01. The van der Waals surface area contributed by atoms with E-state index in [2.05, 4.69) is 37.6 Å². The number of thiocarbonyl (C=S) groups is 1. The first-order valence-corrected chi connectivity index (χ1v) is 16.6. The minimum Gasteiger partial charge on any atom is -0.491 e. The van der Waals surface area contributed by atoms with Gasteiger partial charge in [-0.05, 0) is 60.7 Å². The Labute approximate surface area is 289 Å². The van der Waals surface area contributed by atoms with Crippen LogP contribution in [0.2, 0.25) is 15.1 Å². The molecule has 0 amide bonds. The van der Waals surface area contributed by atoms with Crippen LogP contribution in [0.1, 0.15) is 5.56 Å². The number of nitrogens with one attached hydrogen (secondary N) is 2. The number of nitrogens with zero attached hydrogens (tertiary/aromatic N) is 4. The number of piperazine rings is 1. The third kappa shape index (κ3) is 8.24. The Hall–Kier alpha value is -3.09. The predicted molar refractivity (Wildman–Crippen MR) is 187 cm³/mol. The smallest absolute Gasteiger partial charge is 0.215 e. The minimum absolute atomic E-state index is 0.293. The number of ether oxygens (including phenoxy) is 3. The number of para-hydroxylation sites is 1. The van der Waals surface area contributed by atoms with Crippen molar-refractivity contribution >= 4 is 63.5 Å². The van der Waals surface area contributed by atoms with Crippen LogP contribution in [0, 0.1) is 0 Å². The molecule has 0 aliphatic carbocycles. The highest BCUT2D eigenvalue weighted by molar-refractivity contribution is 7.80. The third-order valence-electron chi connectivity index (χ3n) is 8.00. The van der Waals surface area contributed by atoms with Gasteiger partial charge >= 0.3 is 0 Å². The van der Waals surface area contributed by atoms with Crippen molar-refractivity contribution in [1.82, 2.24) is 19.8 Å². The number of hydrogen-bond acceptors (Lipinski definition) is 7. The van der Waals surface area contributed by atoms with Crippen molar-refractivity contribution in [3.05, 3.63) is 106 Å². The largest absolute Gasteiger partial charge is 0.491 e. The molecule has 0 spiro atoms.